The molecule has 0 fully saturated rings. The summed E-state index contributed by atoms with van der Waals surface area (Å²) in [7, 11) is 1.68. The first kappa shape index (κ1) is 53.9. The van der Waals surface area contributed by atoms with Gasteiger partial charge in [-0.1, -0.05) is 48.5 Å². The first-order valence-corrected chi connectivity index (χ1v) is 22.1. The van der Waals surface area contributed by atoms with Gasteiger partial charge in [0.25, 0.3) is 0 Å². The lowest BCUT2D eigenvalue weighted by atomic mass is 9.98. The van der Waals surface area contributed by atoms with Crippen LogP contribution in [0.2, 0.25) is 0 Å². The van der Waals surface area contributed by atoms with Crippen LogP contribution in [0.1, 0.15) is 44.2 Å². The summed E-state index contributed by atoms with van der Waals surface area (Å²) in [4.78, 5) is 25.7. The average Bonchev–Trinajstić information content (AvgIpc) is 3.59. The van der Waals surface area contributed by atoms with Crippen LogP contribution in [0.4, 0.5) is 9.59 Å². The fraction of sp³-hybridized carbons (Fsp3) is 0.696. The molecule has 3 rings (SSSR count). The summed E-state index contributed by atoms with van der Waals surface area (Å²) in [6.07, 6.45) is -0.109. The zero-order valence-corrected chi connectivity index (χ0v) is 38.2. The number of fused-ring (bicyclic) bond motifs is 3. The molecule has 0 atom stereocenters. The Balaban J connectivity index is 0.925. The zero-order chi connectivity index (χ0) is 45.1. The summed E-state index contributed by atoms with van der Waals surface area (Å²) in [5.74, 6) is 0.0445. The minimum atomic E-state index is -0.517. The van der Waals surface area contributed by atoms with E-state index in [0.29, 0.717) is 171 Å². The number of hydrogen-bond acceptors (Lipinski definition) is 15. The Kier molecular flexibility index (Phi) is 29.8. The molecule has 0 aliphatic heterocycles. The maximum atomic E-state index is 12.3. The number of hydrogen-bond donors (Lipinski definition) is 1. The summed E-state index contributed by atoms with van der Waals surface area (Å²) in [5.41, 5.74) is 4.28. The molecule has 0 bridgehead atoms. The van der Waals surface area contributed by atoms with E-state index in [9.17, 15) is 9.59 Å². The molecule has 0 saturated heterocycles. The molecule has 1 aliphatic rings. The Morgan fingerprint density at radius 3 is 1.21 bits per heavy atom. The number of nitrogens with one attached hydrogen (secondary N) is 1. The molecule has 63 heavy (non-hydrogen) atoms. The smallest absolute Gasteiger partial charge is 0.410 e. The van der Waals surface area contributed by atoms with Gasteiger partial charge in [0.2, 0.25) is 0 Å². The van der Waals surface area contributed by atoms with Crippen LogP contribution in [0.15, 0.2) is 48.5 Å². The van der Waals surface area contributed by atoms with E-state index in [4.69, 9.17) is 61.6 Å². The van der Waals surface area contributed by atoms with Gasteiger partial charge in [0.05, 0.1) is 139 Å². The number of amides is 2. The number of ether oxygens (including phenoxy) is 13. The molecular weight excluding hydrogens is 821 g/mol. The third-order valence-electron chi connectivity index (χ3n) is 9.07. The lowest BCUT2D eigenvalue weighted by Crippen LogP contribution is -2.36. The molecule has 358 valence electrons. The van der Waals surface area contributed by atoms with Crippen molar-refractivity contribution in [1.29, 1.82) is 0 Å². The molecule has 0 radical (unpaired) electrons. The van der Waals surface area contributed by atoms with Crippen LogP contribution in [0.5, 0.6) is 0 Å². The second-order valence-corrected chi connectivity index (χ2v) is 15.2. The lowest BCUT2D eigenvalue weighted by molar-refractivity contribution is -0.0277. The van der Waals surface area contributed by atoms with E-state index in [2.05, 4.69) is 29.6 Å². The first-order chi connectivity index (χ1) is 30.8. The van der Waals surface area contributed by atoms with E-state index >= 15 is 0 Å². The van der Waals surface area contributed by atoms with Gasteiger partial charge in [0.1, 0.15) is 12.2 Å². The third kappa shape index (κ3) is 26.2. The van der Waals surface area contributed by atoms with Crippen molar-refractivity contribution in [2.75, 3.05) is 172 Å². The topological polar surface area (TPSA) is 169 Å². The van der Waals surface area contributed by atoms with Gasteiger partial charge in [-0.2, -0.15) is 0 Å². The van der Waals surface area contributed by atoms with Gasteiger partial charge in [0.15, 0.2) is 0 Å². The van der Waals surface area contributed by atoms with Crippen LogP contribution in [0.25, 0.3) is 11.1 Å². The summed E-state index contributed by atoms with van der Waals surface area (Å²) >= 11 is 0. The molecule has 1 N–H and O–H groups in total. The first-order valence-electron chi connectivity index (χ1n) is 22.1. The number of alkyl carbamates (subject to hydrolysis) is 1. The molecule has 0 saturated carbocycles. The number of carbonyl (C=O) groups is 2. The standard InChI is InChI=1S/C46H74N2O15/c1-46(2,3)63-45(50)48(4)15-17-52-19-21-54-23-25-56-27-29-58-31-33-60-35-37-61-36-34-59-32-30-57-28-26-55-24-22-53-20-18-51-16-9-14-47-44(49)62-38-43-41-12-7-5-10-39(41)40-11-6-8-13-42(40)43/h5-8,10-13,43H,9,14-38H2,1-4H3,(H,47,49). The second-order valence-electron chi connectivity index (χ2n) is 15.2. The largest absolute Gasteiger partial charge is 0.449 e. The fourth-order valence-corrected chi connectivity index (χ4v) is 5.95. The van der Waals surface area contributed by atoms with Gasteiger partial charge < -0.3 is 71.8 Å². The molecule has 17 heteroatoms. The lowest BCUT2D eigenvalue weighted by Gasteiger charge is -2.24. The van der Waals surface area contributed by atoms with Crippen molar-refractivity contribution in [3.05, 3.63) is 59.7 Å². The molecule has 0 unspecified atom stereocenters. The summed E-state index contributed by atoms with van der Waals surface area (Å²) < 4.78 is 71.5. The predicted octanol–water partition coefficient (Wildman–Crippen LogP) is 4.96. The maximum absolute atomic E-state index is 12.3. The van der Waals surface area contributed by atoms with Crippen molar-refractivity contribution >= 4 is 12.2 Å². The Morgan fingerprint density at radius 1 is 0.508 bits per heavy atom. The van der Waals surface area contributed by atoms with E-state index in [1.807, 2.05) is 45.0 Å². The molecule has 0 aromatic heterocycles. The van der Waals surface area contributed by atoms with E-state index in [1.165, 1.54) is 27.2 Å². The monoisotopic (exact) mass is 895 g/mol. The highest BCUT2D eigenvalue weighted by Gasteiger charge is 2.29. The number of benzene rings is 2. The fourth-order valence-electron chi connectivity index (χ4n) is 5.95. The minimum absolute atomic E-state index is 0.0445. The van der Waals surface area contributed by atoms with E-state index in [1.54, 1.807) is 7.05 Å². The highest BCUT2D eigenvalue weighted by molar-refractivity contribution is 5.79. The SMILES string of the molecule is CN(CCOCCOCCOCCOCCOCCOCCOCCOCCOCCOCCOCCCNC(=O)OCC1c2ccccc2-c2ccccc21)C(=O)OC(C)(C)C. The number of rotatable bonds is 39. The highest BCUT2D eigenvalue weighted by atomic mass is 16.6. The van der Waals surface area contributed by atoms with Crippen LogP contribution < -0.4 is 5.32 Å². The average molecular weight is 895 g/mol. The Labute approximate surface area is 374 Å². The molecule has 0 spiro atoms. The van der Waals surface area contributed by atoms with E-state index < -0.39 is 11.7 Å². The van der Waals surface area contributed by atoms with Crippen LogP contribution in [-0.2, 0) is 61.6 Å². The molecule has 0 heterocycles. The van der Waals surface area contributed by atoms with E-state index in [0.717, 1.165) is 0 Å². The molecule has 2 aromatic rings. The zero-order valence-electron chi connectivity index (χ0n) is 38.2. The van der Waals surface area contributed by atoms with Gasteiger partial charge in [-0.15, -0.1) is 0 Å². The predicted molar refractivity (Wildman–Crippen MR) is 236 cm³/mol. The van der Waals surface area contributed by atoms with Gasteiger partial charge in [-0.3, -0.25) is 0 Å². The summed E-state index contributed by atoms with van der Waals surface area (Å²) in [6, 6.07) is 16.6. The van der Waals surface area contributed by atoms with Crippen LogP contribution in [0, 0.1) is 0 Å². The van der Waals surface area contributed by atoms with Crippen molar-refractivity contribution in [3.8, 4) is 11.1 Å². The maximum Gasteiger partial charge on any atom is 0.410 e. The van der Waals surface area contributed by atoms with Crippen LogP contribution in [0.3, 0.4) is 0 Å². The summed E-state index contributed by atoms with van der Waals surface area (Å²) in [6.45, 7) is 17.1. The third-order valence-corrected chi connectivity index (χ3v) is 9.07. The van der Waals surface area contributed by atoms with Gasteiger partial charge in [0, 0.05) is 32.7 Å². The number of carbonyl (C=O) groups excluding carboxylic acids is 2. The second kappa shape index (κ2) is 34.9. The Hall–Kier alpha value is -3.46. The van der Waals surface area contributed by atoms with Crippen LogP contribution >= 0.6 is 0 Å². The Morgan fingerprint density at radius 2 is 0.841 bits per heavy atom. The molecule has 2 aromatic carbocycles. The normalized spacial score (nSPS) is 12.3. The molecule has 17 nitrogen and oxygen atoms in total. The summed E-state index contributed by atoms with van der Waals surface area (Å²) in [5, 5.41) is 2.81. The van der Waals surface area contributed by atoms with Crippen LogP contribution in [-0.4, -0.2) is 195 Å². The number of nitrogens with zero attached hydrogens (tertiary/aromatic N) is 1. The van der Waals surface area contributed by atoms with Gasteiger partial charge >= 0.3 is 12.2 Å². The Bertz CT molecular complexity index is 1420. The molecule has 1 aliphatic carbocycles. The van der Waals surface area contributed by atoms with Crippen molar-refractivity contribution in [2.45, 2.75) is 38.7 Å². The van der Waals surface area contributed by atoms with Crippen molar-refractivity contribution < 1.29 is 71.2 Å². The van der Waals surface area contributed by atoms with E-state index in [-0.39, 0.29) is 12.0 Å². The quantitative estimate of drug-likeness (QED) is 0.0893. The van der Waals surface area contributed by atoms with Crippen molar-refractivity contribution in [1.82, 2.24) is 10.2 Å². The van der Waals surface area contributed by atoms with Gasteiger partial charge in [-0.25, -0.2) is 9.59 Å². The minimum Gasteiger partial charge on any atom is -0.449 e. The van der Waals surface area contributed by atoms with Gasteiger partial charge in [-0.05, 0) is 49.4 Å². The number of likely N-dealkylation sites (N-methyl/N-ethyl adjacent to an activating group) is 1. The molecule has 2 amide bonds. The molecular formula is C46H74N2O15. The van der Waals surface area contributed by atoms with Crippen molar-refractivity contribution in [2.24, 2.45) is 0 Å². The van der Waals surface area contributed by atoms with Crippen molar-refractivity contribution in [3.63, 3.8) is 0 Å². The highest BCUT2D eigenvalue weighted by Crippen LogP contribution is 2.44.